The Labute approximate surface area is 112 Å². The summed E-state index contributed by atoms with van der Waals surface area (Å²) in [5, 5.41) is 12.0. The molecule has 0 aliphatic carbocycles. The predicted molar refractivity (Wildman–Crippen MR) is 70.8 cm³/mol. The van der Waals surface area contributed by atoms with Gasteiger partial charge in [0, 0.05) is 12.6 Å². The third-order valence-corrected chi connectivity index (χ3v) is 2.77. The minimum Gasteiger partial charge on any atom is -0.479 e. The van der Waals surface area contributed by atoms with Gasteiger partial charge in [0.15, 0.2) is 6.10 Å². The number of nitrogens with one attached hydrogen (secondary N) is 1. The average Bonchev–Trinajstić information content (AvgIpc) is 2.32. The molecule has 0 aliphatic heterocycles. The number of aliphatic hydroxyl groups excluding tert-OH is 1. The minimum absolute atomic E-state index is 0.0429. The van der Waals surface area contributed by atoms with Gasteiger partial charge in [-0.05, 0) is 32.4 Å². The summed E-state index contributed by atoms with van der Waals surface area (Å²) in [5.74, 6) is 0.257. The lowest BCUT2D eigenvalue weighted by atomic mass is 10.2. The number of carbonyl (C=O) groups is 1. The van der Waals surface area contributed by atoms with Crippen LogP contribution in [0, 0.1) is 0 Å². The molecule has 0 heterocycles. The molecule has 4 nitrogen and oxygen atoms in total. The molecular weight excluding hydrogens is 254 g/mol. The number of hydrogen-bond acceptors (Lipinski definition) is 3. The topological polar surface area (TPSA) is 58.6 Å². The van der Waals surface area contributed by atoms with Gasteiger partial charge < -0.3 is 15.2 Å². The Morgan fingerprint density at radius 3 is 2.72 bits per heavy atom. The Hall–Kier alpha value is -1.26. The zero-order valence-electron chi connectivity index (χ0n) is 10.5. The van der Waals surface area contributed by atoms with Crippen LogP contribution >= 0.6 is 11.6 Å². The van der Waals surface area contributed by atoms with Crippen molar-refractivity contribution in [3.05, 3.63) is 29.3 Å². The number of amides is 1. The van der Waals surface area contributed by atoms with E-state index in [1.165, 1.54) is 0 Å². The van der Waals surface area contributed by atoms with Crippen molar-refractivity contribution in [3.8, 4) is 5.75 Å². The van der Waals surface area contributed by atoms with E-state index in [1.807, 2.05) is 6.92 Å². The van der Waals surface area contributed by atoms with E-state index in [2.05, 4.69) is 5.32 Å². The second kappa shape index (κ2) is 7.24. The third-order valence-electron chi connectivity index (χ3n) is 2.46. The van der Waals surface area contributed by atoms with Gasteiger partial charge in [0.2, 0.25) is 0 Å². The highest BCUT2D eigenvalue weighted by atomic mass is 35.5. The molecule has 1 amide bonds. The first-order valence-corrected chi connectivity index (χ1v) is 6.24. The number of benzene rings is 1. The Kier molecular flexibility index (Phi) is 5.95. The first-order valence-electron chi connectivity index (χ1n) is 5.87. The van der Waals surface area contributed by atoms with Gasteiger partial charge in [-0.3, -0.25) is 4.79 Å². The van der Waals surface area contributed by atoms with E-state index in [1.54, 1.807) is 31.2 Å². The molecule has 1 aromatic rings. The van der Waals surface area contributed by atoms with Crippen molar-refractivity contribution in [2.24, 2.45) is 0 Å². The summed E-state index contributed by atoms with van der Waals surface area (Å²) in [7, 11) is 0. The Balaban J connectivity index is 2.52. The van der Waals surface area contributed by atoms with E-state index in [9.17, 15) is 4.79 Å². The molecule has 2 atom stereocenters. The van der Waals surface area contributed by atoms with Crippen LogP contribution in [0.5, 0.6) is 5.75 Å². The van der Waals surface area contributed by atoms with Gasteiger partial charge in [-0.15, -0.1) is 0 Å². The van der Waals surface area contributed by atoms with Gasteiger partial charge in [-0.2, -0.15) is 0 Å². The molecule has 0 aliphatic rings. The summed E-state index contributed by atoms with van der Waals surface area (Å²) in [4.78, 5) is 11.8. The van der Waals surface area contributed by atoms with Crippen molar-refractivity contribution in [1.29, 1.82) is 0 Å². The standard InChI is InChI=1S/C13H18ClNO3/c1-9(7-8-16)15-13(17)10(2)18-12-6-4-3-5-11(12)14/h3-6,9-10,16H,7-8H2,1-2H3,(H,15,17). The van der Waals surface area contributed by atoms with E-state index >= 15 is 0 Å². The second-order valence-corrected chi connectivity index (χ2v) is 4.52. The van der Waals surface area contributed by atoms with E-state index in [0.717, 1.165) is 0 Å². The fraction of sp³-hybridized carbons (Fsp3) is 0.462. The van der Waals surface area contributed by atoms with Gasteiger partial charge in [-0.25, -0.2) is 0 Å². The average molecular weight is 272 g/mol. The fourth-order valence-corrected chi connectivity index (χ4v) is 1.59. The SMILES string of the molecule is CC(CCO)NC(=O)C(C)Oc1ccccc1Cl. The molecule has 0 fully saturated rings. The quantitative estimate of drug-likeness (QED) is 0.832. The monoisotopic (exact) mass is 271 g/mol. The molecule has 0 bridgehead atoms. The van der Waals surface area contributed by atoms with Crippen LogP contribution in [0.25, 0.3) is 0 Å². The van der Waals surface area contributed by atoms with Crippen molar-refractivity contribution >= 4 is 17.5 Å². The maximum absolute atomic E-state index is 11.8. The van der Waals surface area contributed by atoms with Crippen molar-refractivity contribution in [3.63, 3.8) is 0 Å². The highest BCUT2D eigenvalue weighted by Crippen LogP contribution is 2.24. The van der Waals surface area contributed by atoms with Crippen LogP contribution in [0.2, 0.25) is 5.02 Å². The van der Waals surface area contributed by atoms with Gasteiger partial charge in [0.1, 0.15) is 5.75 Å². The second-order valence-electron chi connectivity index (χ2n) is 4.11. The predicted octanol–water partition coefficient (Wildman–Crippen LogP) is 1.99. The fourth-order valence-electron chi connectivity index (χ4n) is 1.41. The molecule has 2 N–H and O–H groups in total. The lowest BCUT2D eigenvalue weighted by Crippen LogP contribution is -2.41. The number of rotatable bonds is 6. The molecule has 100 valence electrons. The summed E-state index contributed by atoms with van der Waals surface area (Å²) >= 11 is 5.94. The van der Waals surface area contributed by atoms with E-state index < -0.39 is 6.10 Å². The van der Waals surface area contributed by atoms with Crippen molar-refractivity contribution < 1.29 is 14.6 Å². The highest BCUT2D eigenvalue weighted by molar-refractivity contribution is 6.32. The number of hydrogen-bond donors (Lipinski definition) is 2. The van der Waals surface area contributed by atoms with Crippen molar-refractivity contribution in [1.82, 2.24) is 5.32 Å². The first-order chi connectivity index (χ1) is 8.54. The van der Waals surface area contributed by atoms with Gasteiger partial charge in [-0.1, -0.05) is 23.7 Å². The molecule has 5 heteroatoms. The van der Waals surface area contributed by atoms with Gasteiger partial charge in [0.05, 0.1) is 5.02 Å². The third kappa shape index (κ3) is 4.55. The number of ether oxygens (including phenoxy) is 1. The van der Waals surface area contributed by atoms with Gasteiger partial charge >= 0.3 is 0 Å². The van der Waals surface area contributed by atoms with Crippen molar-refractivity contribution in [2.45, 2.75) is 32.4 Å². The van der Waals surface area contributed by atoms with Crippen LogP contribution in [0.4, 0.5) is 0 Å². The smallest absolute Gasteiger partial charge is 0.260 e. The molecule has 0 saturated carbocycles. The Morgan fingerprint density at radius 2 is 2.11 bits per heavy atom. The van der Waals surface area contributed by atoms with E-state index in [0.29, 0.717) is 17.2 Å². The molecule has 0 radical (unpaired) electrons. The molecule has 2 unspecified atom stereocenters. The number of carbonyl (C=O) groups excluding carboxylic acids is 1. The van der Waals surface area contributed by atoms with E-state index in [4.69, 9.17) is 21.4 Å². The molecule has 18 heavy (non-hydrogen) atoms. The summed E-state index contributed by atoms with van der Waals surface area (Å²) in [6, 6.07) is 6.92. The molecule has 1 rings (SSSR count). The van der Waals surface area contributed by atoms with Crippen LogP contribution in [-0.4, -0.2) is 29.8 Å². The largest absolute Gasteiger partial charge is 0.479 e. The van der Waals surface area contributed by atoms with Crippen LogP contribution in [0.15, 0.2) is 24.3 Å². The molecule has 0 aromatic heterocycles. The number of para-hydroxylation sites is 1. The zero-order chi connectivity index (χ0) is 13.5. The number of halogens is 1. The van der Waals surface area contributed by atoms with Gasteiger partial charge in [0.25, 0.3) is 5.91 Å². The maximum atomic E-state index is 11.8. The van der Waals surface area contributed by atoms with E-state index in [-0.39, 0.29) is 18.6 Å². The zero-order valence-corrected chi connectivity index (χ0v) is 11.3. The minimum atomic E-state index is -0.633. The summed E-state index contributed by atoms with van der Waals surface area (Å²) in [5.41, 5.74) is 0. The van der Waals surface area contributed by atoms with Crippen molar-refractivity contribution in [2.75, 3.05) is 6.61 Å². The normalized spacial score (nSPS) is 13.8. The highest BCUT2D eigenvalue weighted by Gasteiger charge is 2.17. The molecule has 0 saturated heterocycles. The molecular formula is C13H18ClNO3. The van der Waals surface area contributed by atoms with Crippen LogP contribution in [-0.2, 0) is 4.79 Å². The summed E-state index contributed by atoms with van der Waals surface area (Å²) < 4.78 is 5.48. The number of aliphatic hydroxyl groups is 1. The van der Waals surface area contributed by atoms with Crippen LogP contribution in [0.1, 0.15) is 20.3 Å². The lowest BCUT2D eigenvalue weighted by molar-refractivity contribution is -0.127. The van der Waals surface area contributed by atoms with Crippen LogP contribution < -0.4 is 10.1 Å². The summed E-state index contributed by atoms with van der Waals surface area (Å²) in [6.07, 6.45) is -0.115. The molecule has 1 aromatic carbocycles. The Bertz CT molecular complexity index is 398. The maximum Gasteiger partial charge on any atom is 0.260 e. The first kappa shape index (κ1) is 14.8. The lowest BCUT2D eigenvalue weighted by Gasteiger charge is -2.18. The molecule has 0 spiro atoms. The Morgan fingerprint density at radius 1 is 1.44 bits per heavy atom. The van der Waals surface area contributed by atoms with Crippen LogP contribution in [0.3, 0.4) is 0 Å². The summed E-state index contributed by atoms with van der Waals surface area (Å²) in [6.45, 7) is 3.53.